The van der Waals surface area contributed by atoms with Gasteiger partial charge >= 0.3 is 5.97 Å². The molecule has 17 heavy (non-hydrogen) atoms. The average Bonchev–Trinajstić information content (AvgIpc) is 2.26. The van der Waals surface area contributed by atoms with Crippen LogP contribution in [0.5, 0.6) is 5.75 Å². The summed E-state index contributed by atoms with van der Waals surface area (Å²) in [6.07, 6.45) is 1.13. The van der Waals surface area contributed by atoms with Crippen LogP contribution in [0.1, 0.15) is 26.2 Å². The minimum absolute atomic E-state index is 0.0870. The summed E-state index contributed by atoms with van der Waals surface area (Å²) in [6.45, 7) is 1.94. The van der Waals surface area contributed by atoms with Gasteiger partial charge < -0.3 is 9.84 Å². The second-order valence-corrected chi connectivity index (χ2v) is 4.50. The molecule has 0 fully saturated rings. The zero-order chi connectivity index (χ0) is 12.8. The van der Waals surface area contributed by atoms with Crippen molar-refractivity contribution in [1.82, 2.24) is 0 Å². The molecule has 94 valence electrons. The lowest BCUT2D eigenvalue weighted by atomic mass is 10.1. The minimum Gasteiger partial charge on any atom is -0.489 e. The molecular weight excluding hydrogens is 263 g/mol. The standard InChI is InChI=1S/C12H14Cl2O3/c1-2-9(4-6-12(15)16)17-11-5-3-8(13)7-10(11)14/h3,5,7,9H,2,4,6H2,1H3,(H,15,16). The highest BCUT2D eigenvalue weighted by atomic mass is 35.5. The van der Waals surface area contributed by atoms with Crippen molar-refractivity contribution in [3.8, 4) is 5.75 Å². The molecule has 3 nitrogen and oxygen atoms in total. The van der Waals surface area contributed by atoms with Crippen LogP contribution in [0, 0.1) is 0 Å². The van der Waals surface area contributed by atoms with E-state index in [1.165, 1.54) is 0 Å². The lowest BCUT2D eigenvalue weighted by Gasteiger charge is -2.17. The third kappa shape index (κ3) is 4.84. The zero-order valence-electron chi connectivity index (χ0n) is 9.45. The molecule has 0 saturated heterocycles. The maximum absolute atomic E-state index is 10.5. The molecule has 5 heteroatoms. The lowest BCUT2D eigenvalue weighted by Crippen LogP contribution is -2.17. The number of benzene rings is 1. The predicted molar refractivity (Wildman–Crippen MR) is 68.0 cm³/mol. The van der Waals surface area contributed by atoms with E-state index in [1.54, 1.807) is 18.2 Å². The summed E-state index contributed by atoms with van der Waals surface area (Å²) >= 11 is 11.7. The third-order valence-corrected chi connectivity index (χ3v) is 2.85. The van der Waals surface area contributed by atoms with Crippen molar-refractivity contribution in [1.29, 1.82) is 0 Å². The Bertz CT molecular complexity index is 393. The van der Waals surface area contributed by atoms with Gasteiger partial charge in [-0.2, -0.15) is 0 Å². The van der Waals surface area contributed by atoms with Crippen molar-refractivity contribution in [2.75, 3.05) is 0 Å². The van der Waals surface area contributed by atoms with E-state index in [2.05, 4.69) is 0 Å². The first kappa shape index (κ1) is 14.1. The van der Waals surface area contributed by atoms with Gasteiger partial charge in [0.05, 0.1) is 11.1 Å². The summed E-state index contributed by atoms with van der Waals surface area (Å²) < 4.78 is 5.65. The molecule has 0 aliphatic rings. The molecule has 1 atom stereocenters. The number of hydrogen-bond acceptors (Lipinski definition) is 2. The number of halogens is 2. The normalized spacial score (nSPS) is 12.2. The summed E-state index contributed by atoms with van der Waals surface area (Å²) in [5.41, 5.74) is 0. The van der Waals surface area contributed by atoms with E-state index in [4.69, 9.17) is 33.0 Å². The van der Waals surface area contributed by atoms with Gasteiger partial charge in [-0.3, -0.25) is 4.79 Å². The van der Waals surface area contributed by atoms with E-state index in [-0.39, 0.29) is 12.5 Å². The molecule has 0 aromatic heterocycles. The largest absolute Gasteiger partial charge is 0.489 e. The highest BCUT2D eigenvalue weighted by Crippen LogP contribution is 2.29. The molecule has 0 spiro atoms. The maximum Gasteiger partial charge on any atom is 0.303 e. The fourth-order valence-electron chi connectivity index (χ4n) is 1.38. The number of carboxylic acid groups (broad SMARTS) is 1. The maximum atomic E-state index is 10.5. The smallest absolute Gasteiger partial charge is 0.303 e. The number of carboxylic acids is 1. The fraction of sp³-hybridized carbons (Fsp3) is 0.417. The second kappa shape index (κ2) is 6.72. The van der Waals surface area contributed by atoms with Crippen molar-refractivity contribution in [3.63, 3.8) is 0 Å². The molecule has 1 N–H and O–H groups in total. The molecule has 0 radical (unpaired) electrons. The van der Waals surface area contributed by atoms with Gasteiger partial charge in [0, 0.05) is 11.4 Å². The Labute approximate surface area is 110 Å². The van der Waals surface area contributed by atoms with E-state index >= 15 is 0 Å². The van der Waals surface area contributed by atoms with Gasteiger partial charge in [0.1, 0.15) is 5.75 Å². The molecule has 1 unspecified atom stereocenters. The van der Waals surface area contributed by atoms with E-state index in [1.807, 2.05) is 6.92 Å². The monoisotopic (exact) mass is 276 g/mol. The Balaban J connectivity index is 2.63. The van der Waals surface area contributed by atoms with Gasteiger partial charge in [0.2, 0.25) is 0 Å². The Hall–Kier alpha value is -0.930. The van der Waals surface area contributed by atoms with Crippen molar-refractivity contribution in [2.45, 2.75) is 32.3 Å². The molecule has 1 aromatic carbocycles. The summed E-state index contributed by atoms with van der Waals surface area (Å²) in [5, 5.41) is 9.59. The first-order valence-corrected chi connectivity index (χ1v) is 6.12. The first-order valence-electron chi connectivity index (χ1n) is 5.36. The Morgan fingerprint density at radius 2 is 2.18 bits per heavy atom. The van der Waals surface area contributed by atoms with Crippen molar-refractivity contribution in [3.05, 3.63) is 28.2 Å². The van der Waals surface area contributed by atoms with Crippen LogP contribution in [-0.2, 0) is 4.79 Å². The van der Waals surface area contributed by atoms with E-state index in [0.717, 1.165) is 6.42 Å². The highest BCUT2D eigenvalue weighted by Gasteiger charge is 2.12. The molecule has 0 aliphatic carbocycles. The molecule has 1 rings (SSSR count). The number of hydrogen-bond donors (Lipinski definition) is 1. The highest BCUT2D eigenvalue weighted by molar-refractivity contribution is 6.35. The van der Waals surface area contributed by atoms with Crippen LogP contribution >= 0.6 is 23.2 Å². The predicted octanol–water partition coefficient (Wildman–Crippen LogP) is 4.02. The molecule has 0 bridgehead atoms. The van der Waals surface area contributed by atoms with E-state index in [0.29, 0.717) is 22.2 Å². The van der Waals surface area contributed by atoms with Gasteiger partial charge in [-0.25, -0.2) is 0 Å². The van der Waals surface area contributed by atoms with Gasteiger partial charge in [0.15, 0.2) is 0 Å². The van der Waals surface area contributed by atoms with Crippen molar-refractivity contribution >= 4 is 29.2 Å². The summed E-state index contributed by atoms with van der Waals surface area (Å²) in [4.78, 5) is 10.5. The summed E-state index contributed by atoms with van der Waals surface area (Å²) in [7, 11) is 0. The molecule has 0 aliphatic heterocycles. The Morgan fingerprint density at radius 3 is 2.71 bits per heavy atom. The van der Waals surface area contributed by atoms with E-state index in [9.17, 15) is 4.79 Å². The number of rotatable bonds is 6. The Kier molecular flexibility index (Phi) is 5.59. The lowest BCUT2D eigenvalue weighted by molar-refractivity contribution is -0.137. The van der Waals surface area contributed by atoms with Gasteiger partial charge in [-0.1, -0.05) is 30.1 Å². The van der Waals surface area contributed by atoms with Crippen molar-refractivity contribution < 1.29 is 14.6 Å². The first-order chi connectivity index (χ1) is 8.02. The van der Waals surface area contributed by atoms with Gasteiger partial charge in [-0.05, 0) is 31.0 Å². The second-order valence-electron chi connectivity index (χ2n) is 3.66. The fourth-order valence-corrected chi connectivity index (χ4v) is 1.83. The summed E-state index contributed by atoms with van der Waals surface area (Å²) in [5.74, 6) is -0.289. The molecular formula is C12H14Cl2O3. The third-order valence-electron chi connectivity index (χ3n) is 2.32. The molecule has 1 aromatic rings. The van der Waals surface area contributed by atoms with Crippen LogP contribution in [0.3, 0.4) is 0 Å². The zero-order valence-corrected chi connectivity index (χ0v) is 11.0. The molecule has 0 amide bonds. The van der Waals surface area contributed by atoms with E-state index < -0.39 is 5.97 Å². The number of carbonyl (C=O) groups is 1. The number of ether oxygens (including phenoxy) is 1. The number of aliphatic carboxylic acids is 1. The summed E-state index contributed by atoms with van der Waals surface area (Å²) in [6, 6.07) is 4.98. The van der Waals surface area contributed by atoms with Crippen LogP contribution in [0.4, 0.5) is 0 Å². The van der Waals surface area contributed by atoms with Gasteiger partial charge in [-0.15, -0.1) is 0 Å². The van der Waals surface area contributed by atoms with Crippen LogP contribution in [0.2, 0.25) is 10.0 Å². The van der Waals surface area contributed by atoms with Crippen LogP contribution < -0.4 is 4.74 Å². The molecule has 0 saturated carbocycles. The van der Waals surface area contributed by atoms with Crippen LogP contribution in [-0.4, -0.2) is 17.2 Å². The van der Waals surface area contributed by atoms with Crippen LogP contribution in [0.15, 0.2) is 18.2 Å². The quantitative estimate of drug-likeness (QED) is 0.854. The van der Waals surface area contributed by atoms with Crippen LogP contribution in [0.25, 0.3) is 0 Å². The van der Waals surface area contributed by atoms with Crippen molar-refractivity contribution in [2.24, 2.45) is 0 Å². The topological polar surface area (TPSA) is 46.5 Å². The Morgan fingerprint density at radius 1 is 1.47 bits per heavy atom. The minimum atomic E-state index is -0.825. The van der Waals surface area contributed by atoms with Gasteiger partial charge in [0.25, 0.3) is 0 Å². The molecule has 0 heterocycles. The SMILES string of the molecule is CCC(CCC(=O)O)Oc1ccc(Cl)cc1Cl. The average molecular weight is 277 g/mol.